The van der Waals surface area contributed by atoms with Gasteiger partial charge in [0.1, 0.15) is 0 Å². The molecule has 2 N–H and O–H groups in total. The molecule has 1 aromatic carbocycles. The predicted molar refractivity (Wildman–Crippen MR) is 62.5 cm³/mol. The number of fused-ring (bicyclic) bond motifs is 1. The van der Waals surface area contributed by atoms with Gasteiger partial charge >= 0.3 is 5.97 Å². The Morgan fingerprint density at radius 1 is 1.56 bits per heavy atom. The van der Waals surface area contributed by atoms with E-state index in [4.69, 9.17) is 10.5 Å². The van der Waals surface area contributed by atoms with Gasteiger partial charge in [0.15, 0.2) is 0 Å². The zero-order valence-corrected chi connectivity index (χ0v) is 9.53. The van der Waals surface area contributed by atoms with E-state index in [-0.39, 0.29) is 5.97 Å². The highest BCUT2D eigenvalue weighted by Gasteiger charge is 2.24. The first kappa shape index (κ1) is 11.1. The average Bonchev–Trinajstić information content (AvgIpc) is 2.36. The third-order valence-electron chi connectivity index (χ3n) is 3.29. The molecule has 0 spiro atoms. The van der Waals surface area contributed by atoms with Crippen LogP contribution >= 0.6 is 0 Å². The Morgan fingerprint density at radius 2 is 2.38 bits per heavy atom. The van der Waals surface area contributed by atoms with Crippen molar-refractivity contribution >= 4 is 5.97 Å². The third kappa shape index (κ3) is 1.83. The van der Waals surface area contributed by atoms with E-state index >= 15 is 0 Å². The van der Waals surface area contributed by atoms with Crippen LogP contribution in [0.25, 0.3) is 0 Å². The first-order valence-corrected chi connectivity index (χ1v) is 5.68. The first-order chi connectivity index (χ1) is 7.77. The lowest BCUT2D eigenvalue weighted by Gasteiger charge is -2.26. The molecule has 1 aliphatic rings. The standard InChI is InChI=1S/C13H17NO2/c1-16-13(15)11-7-3-5-9-4-2-6-10(8-14)12(9)11/h3,5,7,10H,2,4,6,8,14H2,1H3. The van der Waals surface area contributed by atoms with Crippen molar-refractivity contribution in [3.05, 3.63) is 34.9 Å². The summed E-state index contributed by atoms with van der Waals surface area (Å²) in [6.07, 6.45) is 3.26. The van der Waals surface area contributed by atoms with Crippen LogP contribution in [0.5, 0.6) is 0 Å². The maximum atomic E-state index is 11.7. The molecule has 0 amide bonds. The number of rotatable bonds is 2. The van der Waals surface area contributed by atoms with Gasteiger partial charge in [-0.25, -0.2) is 4.79 Å². The van der Waals surface area contributed by atoms with Crippen LogP contribution < -0.4 is 5.73 Å². The molecule has 3 heteroatoms. The average molecular weight is 219 g/mol. The summed E-state index contributed by atoms with van der Waals surface area (Å²) >= 11 is 0. The van der Waals surface area contributed by atoms with Crippen molar-refractivity contribution in [1.29, 1.82) is 0 Å². The Morgan fingerprint density at radius 3 is 3.06 bits per heavy atom. The quantitative estimate of drug-likeness (QED) is 0.772. The maximum absolute atomic E-state index is 11.7. The van der Waals surface area contributed by atoms with Gasteiger partial charge in [-0.05, 0) is 48.9 Å². The molecule has 2 rings (SSSR count). The maximum Gasteiger partial charge on any atom is 0.338 e. The molecule has 0 bridgehead atoms. The molecular weight excluding hydrogens is 202 g/mol. The molecule has 3 nitrogen and oxygen atoms in total. The largest absolute Gasteiger partial charge is 0.465 e. The van der Waals surface area contributed by atoms with Crippen LogP contribution in [-0.4, -0.2) is 19.6 Å². The Hall–Kier alpha value is -1.35. The number of hydrogen-bond acceptors (Lipinski definition) is 3. The summed E-state index contributed by atoms with van der Waals surface area (Å²) in [6.45, 7) is 0.598. The predicted octanol–water partition coefficient (Wildman–Crippen LogP) is 1.85. The van der Waals surface area contributed by atoms with Crippen molar-refractivity contribution in [2.24, 2.45) is 5.73 Å². The summed E-state index contributed by atoms with van der Waals surface area (Å²) in [4.78, 5) is 11.7. The minimum absolute atomic E-state index is 0.253. The number of methoxy groups -OCH3 is 1. The normalized spacial score (nSPS) is 19.0. The Labute approximate surface area is 95.6 Å². The molecule has 1 aromatic rings. The fraction of sp³-hybridized carbons (Fsp3) is 0.462. The van der Waals surface area contributed by atoms with Crippen LogP contribution in [0.3, 0.4) is 0 Å². The zero-order chi connectivity index (χ0) is 11.5. The second-order valence-electron chi connectivity index (χ2n) is 4.19. The van der Waals surface area contributed by atoms with E-state index in [2.05, 4.69) is 6.07 Å². The minimum Gasteiger partial charge on any atom is -0.465 e. The zero-order valence-electron chi connectivity index (χ0n) is 9.53. The van der Waals surface area contributed by atoms with Crippen molar-refractivity contribution in [3.8, 4) is 0 Å². The van der Waals surface area contributed by atoms with Crippen LogP contribution in [0.2, 0.25) is 0 Å². The number of nitrogens with two attached hydrogens (primary N) is 1. The second-order valence-corrected chi connectivity index (χ2v) is 4.19. The highest BCUT2D eigenvalue weighted by Crippen LogP contribution is 2.33. The molecule has 1 atom stereocenters. The van der Waals surface area contributed by atoms with Gasteiger partial charge in [-0.15, -0.1) is 0 Å². The monoisotopic (exact) mass is 219 g/mol. The molecule has 0 saturated carbocycles. The molecule has 1 unspecified atom stereocenters. The van der Waals surface area contributed by atoms with Gasteiger partial charge in [0.25, 0.3) is 0 Å². The molecule has 0 radical (unpaired) electrons. The van der Waals surface area contributed by atoms with Gasteiger partial charge in [-0.1, -0.05) is 12.1 Å². The summed E-state index contributed by atoms with van der Waals surface area (Å²) in [5, 5.41) is 0. The van der Waals surface area contributed by atoms with E-state index in [1.54, 1.807) is 0 Å². The fourth-order valence-electron chi connectivity index (χ4n) is 2.52. The van der Waals surface area contributed by atoms with Crippen LogP contribution in [0.1, 0.15) is 40.2 Å². The van der Waals surface area contributed by atoms with Crippen molar-refractivity contribution in [3.63, 3.8) is 0 Å². The summed E-state index contributed by atoms with van der Waals surface area (Å²) in [5.74, 6) is 0.0521. The number of esters is 1. The summed E-state index contributed by atoms with van der Waals surface area (Å²) in [7, 11) is 1.42. The number of aryl methyl sites for hydroxylation is 1. The van der Waals surface area contributed by atoms with E-state index in [1.807, 2.05) is 12.1 Å². The number of carbonyl (C=O) groups excluding carboxylic acids is 1. The van der Waals surface area contributed by atoms with Crippen LogP contribution in [0.4, 0.5) is 0 Å². The summed E-state index contributed by atoms with van der Waals surface area (Å²) in [6, 6.07) is 5.84. The number of carbonyl (C=O) groups is 1. The molecule has 0 aliphatic heterocycles. The van der Waals surface area contributed by atoms with Crippen molar-refractivity contribution < 1.29 is 9.53 Å². The van der Waals surface area contributed by atoms with E-state index < -0.39 is 0 Å². The molecule has 1 aliphatic carbocycles. The van der Waals surface area contributed by atoms with Crippen molar-refractivity contribution in [2.75, 3.05) is 13.7 Å². The van der Waals surface area contributed by atoms with Crippen molar-refractivity contribution in [1.82, 2.24) is 0 Å². The van der Waals surface area contributed by atoms with Crippen LogP contribution in [0.15, 0.2) is 18.2 Å². The molecule has 16 heavy (non-hydrogen) atoms. The highest BCUT2D eigenvalue weighted by atomic mass is 16.5. The Kier molecular flexibility index (Phi) is 3.25. The van der Waals surface area contributed by atoms with E-state index in [1.165, 1.54) is 12.7 Å². The molecule has 0 aromatic heterocycles. The Bertz CT molecular complexity index is 401. The second kappa shape index (κ2) is 4.66. The van der Waals surface area contributed by atoms with Crippen LogP contribution in [-0.2, 0) is 11.2 Å². The lowest BCUT2D eigenvalue weighted by molar-refractivity contribution is 0.0598. The van der Waals surface area contributed by atoms with Gasteiger partial charge in [0.2, 0.25) is 0 Å². The minimum atomic E-state index is -0.253. The highest BCUT2D eigenvalue weighted by molar-refractivity contribution is 5.91. The molecule has 0 heterocycles. The van der Waals surface area contributed by atoms with E-state index in [0.717, 1.165) is 24.8 Å². The van der Waals surface area contributed by atoms with Gasteiger partial charge in [0, 0.05) is 0 Å². The summed E-state index contributed by atoms with van der Waals surface area (Å²) < 4.78 is 4.82. The van der Waals surface area contributed by atoms with Gasteiger partial charge < -0.3 is 10.5 Å². The van der Waals surface area contributed by atoms with Gasteiger partial charge in [-0.2, -0.15) is 0 Å². The van der Waals surface area contributed by atoms with E-state index in [0.29, 0.717) is 18.0 Å². The fourth-order valence-corrected chi connectivity index (χ4v) is 2.52. The Balaban J connectivity index is 2.50. The molecular formula is C13H17NO2. The van der Waals surface area contributed by atoms with Gasteiger partial charge in [-0.3, -0.25) is 0 Å². The summed E-state index contributed by atoms with van der Waals surface area (Å²) in [5.41, 5.74) is 8.83. The lowest BCUT2D eigenvalue weighted by Crippen LogP contribution is -2.21. The molecule has 0 saturated heterocycles. The number of hydrogen-bond donors (Lipinski definition) is 1. The smallest absolute Gasteiger partial charge is 0.338 e. The SMILES string of the molecule is COC(=O)c1cccc2c1C(CN)CCC2. The molecule has 0 fully saturated rings. The third-order valence-corrected chi connectivity index (χ3v) is 3.29. The van der Waals surface area contributed by atoms with E-state index in [9.17, 15) is 4.79 Å². The first-order valence-electron chi connectivity index (χ1n) is 5.68. The lowest BCUT2D eigenvalue weighted by atomic mass is 9.80. The molecule has 86 valence electrons. The van der Waals surface area contributed by atoms with Crippen LogP contribution in [0, 0.1) is 0 Å². The van der Waals surface area contributed by atoms with Crippen molar-refractivity contribution in [2.45, 2.75) is 25.2 Å². The number of ether oxygens (including phenoxy) is 1. The topological polar surface area (TPSA) is 52.3 Å². The number of benzene rings is 1. The van der Waals surface area contributed by atoms with Gasteiger partial charge in [0.05, 0.1) is 12.7 Å².